The van der Waals surface area contributed by atoms with E-state index in [1.165, 1.54) is 6.20 Å². The Morgan fingerprint density at radius 2 is 2.04 bits per heavy atom. The molecule has 6 bridgehead atoms. The second-order valence-corrected chi connectivity index (χ2v) is 7.10. The second kappa shape index (κ2) is 8.52. The summed E-state index contributed by atoms with van der Waals surface area (Å²) in [6.07, 6.45) is 7.29. The van der Waals surface area contributed by atoms with Gasteiger partial charge in [-0.2, -0.15) is 4.98 Å². The highest BCUT2D eigenvalue weighted by molar-refractivity contribution is 5.57. The lowest BCUT2D eigenvalue weighted by atomic mass is 9.93. The number of aromatic nitrogens is 2. The van der Waals surface area contributed by atoms with Gasteiger partial charge in [0.2, 0.25) is 5.95 Å². The molecule has 2 aromatic rings. The van der Waals surface area contributed by atoms with Crippen molar-refractivity contribution in [1.82, 2.24) is 9.97 Å². The third kappa shape index (κ3) is 4.86. The Morgan fingerprint density at radius 3 is 3.00 bits per heavy atom. The van der Waals surface area contributed by atoms with Crippen LogP contribution in [-0.4, -0.2) is 35.3 Å². The van der Waals surface area contributed by atoms with Crippen LogP contribution < -0.4 is 15.4 Å². The summed E-state index contributed by atoms with van der Waals surface area (Å²) in [5, 5.41) is 6.38. The zero-order chi connectivity index (χ0) is 18.5. The van der Waals surface area contributed by atoms with Crippen LogP contribution in [0.15, 0.2) is 30.5 Å². The molecule has 2 aliphatic rings. The summed E-state index contributed by atoms with van der Waals surface area (Å²) in [5.74, 6) is 0.916. The van der Waals surface area contributed by atoms with Gasteiger partial charge in [0.25, 0.3) is 0 Å². The number of halogens is 1. The third-order valence-electron chi connectivity index (χ3n) is 4.96. The van der Waals surface area contributed by atoms with Crippen LogP contribution in [0.5, 0.6) is 5.75 Å². The first-order chi connectivity index (χ1) is 13.3. The fraction of sp³-hybridized carbons (Fsp3) is 0.500. The van der Waals surface area contributed by atoms with E-state index in [0.717, 1.165) is 56.6 Å². The van der Waals surface area contributed by atoms with Crippen molar-refractivity contribution in [2.75, 3.05) is 23.8 Å². The molecule has 144 valence electrons. The largest absolute Gasteiger partial charge is 0.494 e. The average molecular weight is 372 g/mol. The van der Waals surface area contributed by atoms with Gasteiger partial charge in [0, 0.05) is 24.4 Å². The molecule has 0 radical (unpaired) electrons. The zero-order valence-electron chi connectivity index (χ0n) is 15.3. The summed E-state index contributed by atoms with van der Waals surface area (Å²) in [4.78, 5) is 8.39. The van der Waals surface area contributed by atoms with Crippen LogP contribution in [0.1, 0.15) is 38.5 Å². The molecular formula is C20H25FN4O2. The fourth-order valence-corrected chi connectivity index (χ4v) is 3.59. The molecule has 2 N–H and O–H groups in total. The van der Waals surface area contributed by atoms with Crippen molar-refractivity contribution in [3.63, 3.8) is 0 Å². The maximum absolute atomic E-state index is 14.2. The SMILES string of the molecule is Fc1cnc2nc1N[C@H]1CCCC(C1)OCCCCOc1cccc(c1)N2. The van der Waals surface area contributed by atoms with Crippen molar-refractivity contribution in [2.45, 2.75) is 50.7 Å². The van der Waals surface area contributed by atoms with Gasteiger partial charge in [0.15, 0.2) is 11.6 Å². The normalized spacial score (nSPS) is 23.3. The number of hydrogen-bond donors (Lipinski definition) is 2. The molecule has 1 aliphatic carbocycles. The molecule has 1 aromatic carbocycles. The minimum absolute atomic E-state index is 0.156. The maximum atomic E-state index is 14.2. The van der Waals surface area contributed by atoms with E-state index in [1.54, 1.807) is 0 Å². The van der Waals surface area contributed by atoms with E-state index in [4.69, 9.17) is 9.47 Å². The van der Waals surface area contributed by atoms with E-state index in [0.29, 0.717) is 12.6 Å². The van der Waals surface area contributed by atoms with Crippen molar-refractivity contribution in [1.29, 1.82) is 0 Å². The minimum atomic E-state index is -0.446. The molecule has 27 heavy (non-hydrogen) atoms. The quantitative estimate of drug-likeness (QED) is 0.720. The van der Waals surface area contributed by atoms with Gasteiger partial charge in [0.1, 0.15) is 5.75 Å². The van der Waals surface area contributed by atoms with Crippen LogP contribution in [0.4, 0.5) is 21.8 Å². The summed E-state index contributed by atoms with van der Waals surface area (Å²) in [6.45, 7) is 1.38. The van der Waals surface area contributed by atoms with Crippen LogP contribution >= 0.6 is 0 Å². The molecule has 0 saturated heterocycles. The van der Waals surface area contributed by atoms with E-state index in [2.05, 4.69) is 20.6 Å². The lowest BCUT2D eigenvalue weighted by molar-refractivity contribution is 0.0223. The standard InChI is InChI=1S/C20H25FN4O2/c21-18-13-22-20-24-15-6-4-8-17(12-15)27-10-2-1-9-26-16-7-3-5-14(11-16)23-19(18)25-20/h4,6,8,12-14,16H,1-3,5,7,9-11H2,(H2,22,23,24,25)/t14-,16?/m0/s1. The molecule has 1 unspecified atom stereocenters. The van der Waals surface area contributed by atoms with Crippen molar-refractivity contribution >= 4 is 17.5 Å². The molecule has 1 saturated carbocycles. The van der Waals surface area contributed by atoms with Crippen molar-refractivity contribution in [3.8, 4) is 5.75 Å². The second-order valence-electron chi connectivity index (χ2n) is 7.10. The summed E-state index contributed by atoms with van der Waals surface area (Å²) >= 11 is 0. The van der Waals surface area contributed by atoms with Gasteiger partial charge >= 0.3 is 0 Å². The molecule has 1 aliphatic heterocycles. The first kappa shape index (κ1) is 18.0. The van der Waals surface area contributed by atoms with Crippen LogP contribution in [0.25, 0.3) is 0 Å². The van der Waals surface area contributed by atoms with Crippen molar-refractivity contribution in [2.24, 2.45) is 0 Å². The van der Waals surface area contributed by atoms with Crippen LogP contribution in [0.3, 0.4) is 0 Å². The molecule has 2 atom stereocenters. The molecule has 7 heteroatoms. The Morgan fingerprint density at radius 1 is 1.11 bits per heavy atom. The van der Waals surface area contributed by atoms with Gasteiger partial charge in [-0.3, -0.25) is 0 Å². The Kier molecular flexibility index (Phi) is 5.67. The van der Waals surface area contributed by atoms with E-state index in [-0.39, 0.29) is 18.0 Å². The van der Waals surface area contributed by atoms with Gasteiger partial charge < -0.3 is 20.1 Å². The summed E-state index contributed by atoms with van der Waals surface area (Å²) in [6, 6.07) is 7.77. The molecule has 2 heterocycles. The highest BCUT2D eigenvalue weighted by Crippen LogP contribution is 2.26. The van der Waals surface area contributed by atoms with E-state index >= 15 is 0 Å². The van der Waals surface area contributed by atoms with E-state index in [9.17, 15) is 4.39 Å². The number of nitrogens with zero attached hydrogens (tertiary/aromatic N) is 2. The first-order valence-electron chi connectivity index (χ1n) is 9.67. The monoisotopic (exact) mass is 372 g/mol. The van der Waals surface area contributed by atoms with Crippen molar-refractivity contribution in [3.05, 3.63) is 36.3 Å². The molecule has 6 nitrogen and oxygen atoms in total. The maximum Gasteiger partial charge on any atom is 0.229 e. The zero-order valence-corrected chi connectivity index (χ0v) is 15.3. The molecule has 4 rings (SSSR count). The highest BCUT2D eigenvalue weighted by atomic mass is 19.1. The Bertz CT molecular complexity index is 773. The minimum Gasteiger partial charge on any atom is -0.494 e. The van der Waals surface area contributed by atoms with E-state index < -0.39 is 5.82 Å². The first-order valence-corrected chi connectivity index (χ1v) is 9.67. The number of nitrogens with one attached hydrogen (secondary N) is 2. The average Bonchev–Trinajstić information content (AvgIpc) is 2.67. The number of fused-ring (bicyclic) bond motifs is 6. The lowest BCUT2D eigenvalue weighted by Gasteiger charge is -2.30. The Hall–Kier alpha value is -2.41. The predicted molar refractivity (Wildman–Crippen MR) is 102 cm³/mol. The predicted octanol–water partition coefficient (Wildman–Crippen LogP) is 4.27. The Labute approximate surface area is 158 Å². The number of anilines is 3. The Balaban J connectivity index is 1.57. The number of benzene rings is 1. The van der Waals surface area contributed by atoms with Gasteiger partial charge in [-0.25, -0.2) is 9.37 Å². The fourth-order valence-electron chi connectivity index (χ4n) is 3.59. The number of hydrogen-bond acceptors (Lipinski definition) is 6. The molecule has 0 amide bonds. The summed E-state index contributed by atoms with van der Waals surface area (Å²) < 4.78 is 26.1. The molecule has 1 fully saturated rings. The highest BCUT2D eigenvalue weighted by Gasteiger charge is 2.24. The summed E-state index contributed by atoms with van der Waals surface area (Å²) in [5.41, 5.74) is 0.801. The topological polar surface area (TPSA) is 68.3 Å². The molecular weight excluding hydrogens is 347 g/mol. The summed E-state index contributed by atoms with van der Waals surface area (Å²) in [7, 11) is 0. The van der Waals surface area contributed by atoms with Crippen LogP contribution in [0, 0.1) is 5.82 Å². The molecule has 1 aromatic heterocycles. The van der Waals surface area contributed by atoms with Gasteiger partial charge in [-0.05, 0) is 50.7 Å². The third-order valence-corrected chi connectivity index (χ3v) is 4.96. The van der Waals surface area contributed by atoms with Gasteiger partial charge in [-0.15, -0.1) is 0 Å². The number of ether oxygens (including phenoxy) is 2. The number of rotatable bonds is 0. The molecule has 0 spiro atoms. The van der Waals surface area contributed by atoms with Crippen LogP contribution in [-0.2, 0) is 4.74 Å². The van der Waals surface area contributed by atoms with Gasteiger partial charge in [0.05, 0.1) is 18.9 Å². The van der Waals surface area contributed by atoms with Crippen LogP contribution in [0.2, 0.25) is 0 Å². The van der Waals surface area contributed by atoms with Gasteiger partial charge in [-0.1, -0.05) is 6.07 Å². The smallest absolute Gasteiger partial charge is 0.229 e. The van der Waals surface area contributed by atoms with Crippen molar-refractivity contribution < 1.29 is 13.9 Å². The van der Waals surface area contributed by atoms with E-state index in [1.807, 2.05) is 24.3 Å². The lowest BCUT2D eigenvalue weighted by Crippen LogP contribution is -2.32.